The number of aliphatic hydroxyl groups is 1. The second-order valence-corrected chi connectivity index (χ2v) is 3.74. The van der Waals surface area contributed by atoms with Crippen LogP contribution in [0.3, 0.4) is 0 Å². The summed E-state index contributed by atoms with van der Waals surface area (Å²) in [6.45, 7) is 0.183. The summed E-state index contributed by atoms with van der Waals surface area (Å²) in [7, 11) is 1.31. The first kappa shape index (κ1) is 11.1. The Morgan fingerprint density at radius 1 is 1.50 bits per heavy atom. The number of hydrogen-bond donors (Lipinski definition) is 1. The minimum absolute atomic E-state index is 0.183. The van der Waals surface area contributed by atoms with Crippen LogP contribution in [-0.2, 0) is 11.2 Å². The lowest BCUT2D eigenvalue weighted by Crippen LogP contribution is -1.99. The minimum atomic E-state index is -0.448. The fraction of sp³-hybridized carbons (Fsp3) is 0.625. The van der Waals surface area contributed by atoms with E-state index in [1.54, 1.807) is 0 Å². The number of hydrogen-bond acceptors (Lipinski definition) is 6. The van der Waals surface area contributed by atoms with Crippen LogP contribution < -0.4 is 0 Å². The van der Waals surface area contributed by atoms with Gasteiger partial charge in [-0.05, 0) is 12.8 Å². The van der Waals surface area contributed by atoms with Crippen molar-refractivity contribution >= 4 is 17.3 Å². The molecule has 0 unspecified atom stereocenters. The van der Waals surface area contributed by atoms with E-state index in [-0.39, 0.29) is 11.6 Å². The normalized spacial score (nSPS) is 10.1. The maximum Gasteiger partial charge on any atom is 0.369 e. The number of aryl methyl sites for hydroxylation is 1. The molecule has 0 aliphatic rings. The van der Waals surface area contributed by atoms with E-state index < -0.39 is 5.97 Å². The number of esters is 1. The van der Waals surface area contributed by atoms with Crippen molar-refractivity contribution < 1.29 is 14.6 Å². The van der Waals surface area contributed by atoms with Crippen molar-refractivity contribution in [2.75, 3.05) is 13.7 Å². The predicted octanol–water partition coefficient (Wildman–Crippen LogP) is 0.640. The van der Waals surface area contributed by atoms with Crippen LogP contribution >= 0.6 is 11.3 Å². The molecular formula is C8H12N2O3S. The molecule has 1 N–H and O–H groups in total. The van der Waals surface area contributed by atoms with Crippen LogP contribution in [0, 0.1) is 0 Å². The van der Waals surface area contributed by atoms with Gasteiger partial charge in [0.05, 0.1) is 7.11 Å². The van der Waals surface area contributed by atoms with Crippen LogP contribution in [-0.4, -0.2) is 35.0 Å². The third kappa shape index (κ3) is 3.04. The summed E-state index contributed by atoms with van der Waals surface area (Å²) in [6, 6.07) is 0. The van der Waals surface area contributed by atoms with Gasteiger partial charge >= 0.3 is 5.97 Å². The van der Waals surface area contributed by atoms with Gasteiger partial charge < -0.3 is 9.84 Å². The molecule has 0 radical (unpaired) electrons. The van der Waals surface area contributed by atoms with E-state index in [0.717, 1.165) is 24.3 Å². The molecule has 5 nitrogen and oxygen atoms in total. The average Bonchev–Trinajstić information content (AvgIpc) is 2.66. The second-order valence-electron chi connectivity index (χ2n) is 2.67. The molecule has 0 saturated heterocycles. The van der Waals surface area contributed by atoms with Gasteiger partial charge in [-0.2, -0.15) is 0 Å². The number of nitrogens with zero attached hydrogens (tertiary/aromatic N) is 2. The average molecular weight is 216 g/mol. The van der Waals surface area contributed by atoms with Crippen LogP contribution in [0.25, 0.3) is 0 Å². The molecule has 0 atom stereocenters. The first-order chi connectivity index (χ1) is 6.77. The first-order valence-electron chi connectivity index (χ1n) is 4.29. The van der Waals surface area contributed by atoms with E-state index in [9.17, 15) is 4.79 Å². The lowest BCUT2D eigenvalue weighted by Gasteiger charge is -1.92. The molecule has 0 amide bonds. The quantitative estimate of drug-likeness (QED) is 0.577. The van der Waals surface area contributed by atoms with E-state index in [0.29, 0.717) is 0 Å². The fourth-order valence-corrected chi connectivity index (χ4v) is 1.71. The molecule has 0 saturated carbocycles. The van der Waals surface area contributed by atoms with E-state index in [4.69, 9.17) is 5.11 Å². The predicted molar refractivity (Wildman–Crippen MR) is 51.3 cm³/mol. The first-order valence-corrected chi connectivity index (χ1v) is 5.11. The lowest BCUT2D eigenvalue weighted by atomic mass is 10.2. The molecule has 0 bridgehead atoms. The van der Waals surface area contributed by atoms with Gasteiger partial charge in [0, 0.05) is 13.0 Å². The summed E-state index contributed by atoms with van der Waals surface area (Å²) in [5.74, 6) is -0.448. The number of aromatic nitrogens is 2. The summed E-state index contributed by atoms with van der Waals surface area (Å²) in [5.41, 5.74) is 0. The smallest absolute Gasteiger partial charge is 0.369 e. The Hall–Kier alpha value is -1.01. The fourth-order valence-electron chi connectivity index (χ4n) is 0.912. The summed E-state index contributed by atoms with van der Waals surface area (Å²) in [4.78, 5) is 11.0. The monoisotopic (exact) mass is 216 g/mol. The Labute approximate surface area is 85.7 Å². The highest BCUT2D eigenvalue weighted by Crippen LogP contribution is 2.12. The van der Waals surface area contributed by atoms with Crippen LogP contribution in [0.5, 0.6) is 0 Å². The van der Waals surface area contributed by atoms with Crippen LogP contribution in [0.1, 0.15) is 27.7 Å². The SMILES string of the molecule is COC(=O)c1nnc(CCCCO)s1. The lowest BCUT2D eigenvalue weighted by molar-refractivity contribution is 0.0599. The number of unbranched alkanes of at least 4 members (excludes halogenated alkanes) is 1. The molecule has 78 valence electrons. The standard InChI is InChI=1S/C8H12N2O3S/c1-13-8(12)7-10-9-6(14-7)4-2-3-5-11/h11H,2-5H2,1H3. The second kappa shape index (κ2) is 5.66. The van der Waals surface area contributed by atoms with Gasteiger partial charge in [-0.3, -0.25) is 0 Å². The highest BCUT2D eigenvalue weighted by atomic mass is 32.1. The van der Waals surface area contributed by atoms with Crippen molar-refractivity contribution in [2.24, 2.45) is 0 Å². The summed E-state index contributed by atoms with van der Waals surface area (Å²) >= 11 is 1.24. The molecule has 0 aromatic carbocycles. The Balaban J connectivity index is 2.46. The van der Waals surface area contributed by atoms with E-state index in [1.165, 1.54) is 18.4 Å². The van der Waals surface area contributed by atoms with Crippen molar-refractivity contribution in [2.45, 2.75) is 19.3 Å². The van der Waals surface area contributed by atoms with Crippen molar-refractivity contribution in [1.82, 2.24) is 10.2 Å². The molecule has 1 heterocycles. The molecule has 1 rings (SSSR count). The number of rotatable bonds is 5. The van der Waals surface area contributed by atoms with Gasteiger partial charge in [-0.25, -0.2) is 4.79 Å². The topological polar surface area (TPSA) is 72.3 Å². The third-order valence-corrected chi connectivity index (χ3v) is 2.59. The Kier molecular flexibility index (Phi) is 4.48. The zero-order valence-electron chi connectivity index (χ0n) is 7.89. The molecular weight excluding hydrogens is 204 g/mol. The molecule has 0 aliphatic heterocycles. The summed E-state index contributed by atoms with van der Waals surface area (Å²) in [5, 5.41) is 17.2. The maximum atomic E-state index is 11.0. The van der Waals surface area contributed by atoms with Gasteiger partial charge in [-0.1, -0.05) is 11.3 Å². The van der Waals surface area contributed by atoms with Gasteiger partial charge in [0.15, 0.2) is 0 Å². The highest BCUT2D eigenvalue weighted by molar-refractivity contribution is 7.13. The van der Waals surface area contributed by atoms with Crippen LogP contribution in [0.2, 0.25) is 0 Å². The van der Waals surface area contributed by atoms with E-state index in [2.05, 4.69) is 14.9 Å². The minimum Gasteiger partial charge on any atom is -0.464 e. The van der Waals surface area contributed by atoms with E-state index >= 15 is 0 Å². The number of carbonyl (C=O) groups excluding carboxylic acids is 1. The van der Waals surface area contributed by atoms with Crippen molar-refractivity contribution in [3.8, 4) is 0 Å². The summed E-state index contributed by atoms with van der Waals surface area (Å²) < 4.78 is 4.50. The van der Waals surface area contributed by atoms with E-state index in [1.807, 2.05) is 0 Å². The molecule has 1 aromatic rings. The van der Waals surface area contributed by atoms with Gasteiger partial charge in [-0.15, -0.1) is 10.2 Å². The highest BCUT2D eigenvalue weighted by Gasteiger charge is 2.12. The molecule has 6 heteroatoms. The molecule has 1 aromatic heterocycles. The molecule has 0 spiro atoms. The van der Waals surface area contributed by atoms with Gasteiger partial charge in [0.1, 0.15) is 5.01 Å². The number of ether oxygens (including phenoxy) is 1. The van der Waals surface area contributed by atoms with Crippen LogP contribution in [0.4, 0.5) is 0 Å². The Morgan fingerprint density at radius 3 is 2.93 bits per heavy atom. The summed E-state index contributed by atoms with van der Waals surface area (Å²) in [6.07, 6.45) is 2.34. The molecule has 0 aliphatic carbocycles. The number of carbonyl (C=O) groups is 1. The maximum absolute atomic E-state index is 11.0. The zero-order chi connectivity index (χ0) is 10.4. The van der Waals surface area contributed by atoms with Crippen LogP contribution in [0.15, 0.2) is 0 Å². The van der Waals surface area contributed by atoms with Gasteiger partial charge in [0.2, 0.25) is 5.01 Å². The number of aliphatic hydroxyl groups excluding tert-OH is 1. The number of methoxy groups -OCH3 is 1. The Bertz CT molecular complexity index is 301. The largest absolute Gasteiger partial charge is 0.464 e. The Morgan fingerprint density at radius 2 is 2.29 bits per heavy atom. The van der Waals surface area contributed by atoms with Crippen molar-refractivity contribution in [3.63, 3.8) is 0 Å². The van der Waals surface area contributed by atoms with Crippen molar-refractivity contribution in [1.29, 1.82) is 0 Å². The molecule has 0 fully saturated rings. The molecule has 14 heavy (non-hydrogen) atoms. The zero-order valence-corrected chi connectivity index (χ0v) is 8.71. The van der Waals surface area contributed by atoms with Gasteiger partial charge in [0.25, 0.3) is 0 Å². The van der Waals surface area contributed by atoms with Crippen molar-refractivity contribution in [3.05, 3.63) is 10.0 Å². The third-order valence-electron chi connectivity index (χ3n) is 1.63.